The lowest BCUT2D eigenvalue weighted by atomic mass is 10.2. The summed E-state index contributed by atoms with van der Waals surface area (Å²) < 4.78 is 0. The molecule has 86 valence electrons. The molecule has 1 aromatic rings. The van der Waals surface area contributed by atoms with Crippen LogP contribution in [0.4, 0.5) is 5.69 Å². The molecule has 2 amide bonds. The molecule has 0 aliphatic carbocycles. The van der Waals surface area contributed by atoms with Crippen LogP contribution in [0, 0.1) is 0 Å². The number of anilines is 1. The third-order valence-electron chi connectivity index (χ3n) is 2.47. The van der Waals surface area contributed by atoms with Gasteiger partial charge in [-0.3, -0.25) is 9.59 Å². The van der Waals surface area contributed by atoms with Gasteiger partial charge in [-0.15, -0.1) is 0 Å². The van der Waals surface area contributed by atoms with Crippen molar-refractivity contribution in [2.75, 3.05) is 4.90 Å². The monoisotopic (exact) mass is 231 g/mol. The number of imide groups is 1. The lowest BCUT2D eigenvalue weighted by Crippen LogP contribution is -2.30. The predicted molar refractivity (Wildman–Crippen MR) is 59.7 cm³/mol. The standard InChI is InChI=1S/C12H9NO4/c1-7-6-10(14)13(11(7)15)9-4-2-8(3-5-9)12(16)17/h2-6H,1H3,(H,16,17). The Morgan fingerprint density at radius 2 is 1.76 bits per heavy atom. The van der Waals surface area contributed by atoms with Crippen molar-refractivity contribution in [1.29, 1.82) is 0 Å². The summed E-state index contributed by atoms with van der Waals surface area (Å²) in [6.45, 7) is 1.56. The van der Waals surface area contributed by atoms with Crippen LogP contribution in [0.15, 0.2) is 35.9 Å². The number of aromatic carboxylic acids is 1. The number of carboxylic acid groups (broad SMARTS) is 1. The molecule has 1 aliphatic rings. The van der Waals surface area contributed by atoms with Gasteiger partial charge in [-0.25, -0.2) is 9.69 Å². The molecule has 0 radical (unpaired) electrons. The van der Waals surface area contributed by atoms with Gasteiger partial charge in [0.05, 0.1) is 11.3 Å². The quantitative estimate of drug-likeness (QED) is 0.776. The molecule has 0 spiro atoms. The number of hydrogen-bond acceptors (Lipinski definition) is 3. The molecule has 0 saturated heterocycles. The summed E-state index contributed by atoms with van der Waals surface area (Å²) in [7, 11) is 0. The Balaban J connectivity index is 2.34. The molecule has 17 heavy (non-hydrogen) atoms. The number of benzene rings is 1. The highest BCUT2D eigenvalue weighted by Crippen LogP contribution is 2.22. The number of carbonyl (C=O) groups excluding carboxylic acids is 2. The number of carboxylic acids is 1. The van der Waals surface area contributed by atoms with E-state index in [9.17, 15) is 14.4 Å². The topological polar surface area (TPSA) is 74.7 Å². The average Bonchev–Trinajstić information content (AvgIpc) is 2.53. The van der Waals surface area contributed by atoms with Gasteiger partial charge >= 0.3 is 5.97 Å². The Kier molecular flexibility index (Phi) is 2.51. The molecule has 0 saturated carbocycles. The van der Waals surface area contributed by atoms with Gasteiger partial charge in [0.25, 0.3) is 11.8 Å². The van der Waals surface area contributed by atoms with Gasteiger partial charge in [0.2, 0.25) is 0 Å². The number of amides is 2. The molecule has 2 rings (SSSR count). The molecule has 1 heterocycles. The van der Waals surface area contributed by atoms with Crippen LogP contribution in [0.3, 0.4) is 0 Å². The van der Waals surface area contributed by atoms with Crippen molar-refractivity contribution >= 4 is 23.5 Å². The summed E-state index contributed by atoms with van der Waals surface area (Å²) in [6, 6.07) is 5.58. The maximum absolute atomic E-state index is 11.7. The van der Waals surface area contributed by atoms with E-state index < -0.39 is 11.9 Å². The minimum absolute atomic E-state index is 0.109. The Labute approximate surface area is 97.0 Å². The van der Waals surface area contributed by atoms with Gasteiger partial charge in [0, 0.05) is 11.6 Å². The Hall–Kier alpha value is -2.43. The van der Waals surface area contributed by atoms with E-state index in [0.717, 1.165) is 4.90 Å². The average molecular weight is 231 g/mol. The van der Waals surface area contributed by atoms with Gasteiger partial charge in [0.15, 0.2) is 0 Å². The number of nitrogens with zero attached hydrogens (tertiary/aromatic N) is 1. The Morgan fingerprint density at radius 1 is 1.18 bits per heavy atom. The zero-order chi connectivity index (χ0) is 12.6. The lowest BCUT2D eigenvalue weighted by molar-refractivity contribution is -0.120. The largest absolute Gasteiger partial charge is 0.478 e. The predicted octanol–water partition coefficient (Wildman–Crippen LogP) is 1.20. The van der Waals surface area contributed by atoms with E-state index in [4.69, 9.17) is 5.11 Å². The van der Waals surface area contributed by atoms with Crippen LogP contribution in [0.25, 0.3) is 0 Å². The molecule has 1 N–H and O–H groups in total. The highest BCUT2D eigenvalue weighted by molar-refractivity contribution is 6.30. The molecular weight excluding hydrogens is 222 g/mol. The van der Waals surface area contributed by atoms with Crippen LogP contribution in [0.5, 0.6) is 0 Å². The van der Waals surface area contributed by atoms with Crippen molar-refractivity contribution in [3.05, 3.63) is 41.5 Å². The van der Waals surface area contributed by atoms with Gasteiger partial charge < -0.3 is 5.11 Å². The third-order valence-corrected chi connectivity index (χ3v) is 2.47. The fourth-order valence-corrected chi connectivity index (χ4v) is 1.59. The number of carbonyl (C=O) groups is 3. The smallest absolute Gasteiger partial charge is 0.335 e. The molecule has 0 fully saturated rings. The molecular formula is C12H9NO4. The molecule has 5 heteroatoms. The molecule has 0 aromatic heterocycles. The summed E-state index contributed by atoms with van der Waals surface area (Å²) >= 11 is 0. The van der Waals surface area contributed by atoms with E-state index in [0.29, 0.717) is 11.3 Å². The van der Waals surface area contributed by atoms with E-state index in [1.807, 2.05) is 0 Å². The minimum atomic E-state index is -1.05. The zero-order valence-electron chi connectivity index (χ0n) is 9.01. The van der Waals surface area contributed by atoms with Crippen molar-refractivity contribution in [2.24, 2.45) is 0 Å². The Morgan fingerprint density at radius 3 is 2.18 bits per heavy atom. The van der Waals surface area contributed by atoms with Crippen molar-refractivity contribution in [3.8, 4) is 0 Å². The second kappa shape index (κ2) is 3.86. The van der Waals surface area contributed by atoms with Crippen LogP contribution < -0.4 is 4.90 Å². The van der Waals surface area contributed by atoms with Crippen LogP contribution in [0.2, 0.25) is 0 Å². The first-order valence-corrected chi connectivity index (χ1v) is 4.91. The fourth-order valence-electron chi connectivity index (χ4n) is 1.59. The SMILES string of the molecule is CC1=CC(=O)N(c2ccc(C(=O)O)cc2)C1=O. The minimum Gasteiger partial charge on any atom is -0.478 e. The normalized spacial score (nSPS) is 15.1. The van der Waals surface area contributed by atoms with Crippen LogP contribution in [-0.4, -0.2) is 22.9 Å². The molecule has 0 unspecified atom stereocenters. The fraction of sp³-hybridized carbons (Fsp3) is 0.0833. The summed E-state index contributed by atoms with van der Waals surface area (Å²) in [5.41, 5.74) is 0.855. The molecule has 1 aromatic carbocycles. The summed E-state index contributed by atoms with van der Waals surface area (Å²) in [4.78, 5) is 34.9. The summed E-state index contributed by atoms with van der Waals surface area (Å²) in [6.07, 6.45) is 1.26. The molecule has 0 atom stereocenters. The van der Waals surface area contributed by atoms with Crippen LogP contribution in [0.1, 0.15) is 17.3 Å². The first-order chi connectivity index (χ1) is 8.00. The van der Waals surface area contributed by atoms with Gasteiger partial charge in [-0.05, 0) is 31.2 Å². The van der Waals surface area contributed by atoms with E-state index in [-0.39, 0.29) is 11.5 Å². The van der Waals surface area contributed by atoms with Gasteiger partial charge in [0.1, 0.15) is 0 Å². The summed E-state index contributed by atoms with van der Waals surface area (Å²) in [5, 5.41) is 8.73. The maximum atomic E-state index is 11.7. The zero-order valence-corrected chi connectivity index (χ0v) is 9.01. The van der Waals surface area contributed by atoms with Crippen LogP contribution in [-0.2, 0) is 9.59 Å². The first kappa shape index (κ1) is 11.1. The summed E-state index contributed by atoms with van der Waals surface area (Å²) in [5.74, 6) is -1.83. The number of rotatable bonds is 2. The van der Waals surface area contributed by atoms with Gasteiger partial charge in [-0.1, -0.05) is 0 Å². The first-order valence-electron chi connectivity index (χ1n) is 4.91. The van der Waals surface area contributed by atoms with Crippen molar-refractivity contribution in [3.63, 3.8) is 0 Å². The highest BCUT2D eigenvalue weighted by Gasteiger charge is 2.29. The van der Waals surface area contributed by atoms with Crippen molar-refractivity contribution in [1.82, 2.24) is 0 Å². The van der Waals surface area contributed by atoms with E-state index >= 15 is 0 Å². The second-order valence-electron chi connectivity index (χ2n) is 3.66. The van der Waals surface area contributed by atoms with E-state index in [2.05, 4.69) is 0 Å². The van der Waals surface area contributed by atoms with Crippen molar-refractivity contribution < 1.29 is 19.5 Å². The second-order valence-corrected chi connectivity index (χ2v) is 3.66. The van der Waals surface area contributed by atoms with Crippen LogP contribution >= 0.6 is 0 Å². The third kappa shape index (κ3) is 1.82. The molecule has 0 bridgehead atoms. The molecule has 1 aliphatic heterocycles. The lowest BCUT2D eigenvalue weighted by Gasteiger charge is -2.14. The maximum Gasteiger partial charge on any atom is 0.335 e. The van der Waals surface area contributed by atoms with Crippen molar-refractivity contribution in [2.45, 2.75) is 6.92 Å². The highest BCUT2D eigenvalue weighted by atomic mass is 16.4. The number of hydrogen-bond donors (Lipinski definition) is 1. The van der Waals surface area contributed by atoms with Gasteiger partial charge in [-0.2, -0.15) is 0 Å². The molecule has 5 nitrogen and oxygen atoms in total. The van der Waals surface area contributed by atoms with E-state index in [1.54, 1.807) is 6.92 Å². The Bertz CT molecular complexity index is 542. The van der Waals surface area contributed by atoms with E-state index in [1.165, 1.54) is 30.3 Å².